The lowest BCUT2D eigenvalue weighted by atomic mass is 9.33. The van der Waals surface area contributed by atoms with E-state index in [-0.39, 0.29) is 70.3 Å². The largest absolute Gasteiger partial charge is 0.432 e. The van der Waals surface area contributed by atoms with Crippen molar-refractivity contribution >= 4 is 5.97 Å². The van der Waals surface area contributed by atoms with Crippen LogP contribution in [0.15, 0.2) is 108 Å². The average Bonchev–Trinajstić information content (AvgIpc) is 1.08. The highest BCUT2D eigenvalue weighted by Crippen LogP contribution is 2.76. The van der Waals surface area contributed by atoms with E-state index < -0.39 is 78.7 Å². The predicted octanol–water partition coefficient (Wildman–Crippen LogP) is 15.4. The maximum absolute atomic E-state index is 16.2. The third kappa shape index (κ3) is 12.1. The molecule has 9 aliphatic rings. The number of nitrogens with zero attached hydrogens (tertiary/aromatic N) is 3. The maximum atomic E-state index is 16.2. The highest BCUT2D eigenvalue weighted by molar-refractivity contribution is 5.79. The van der Waals surface area contributed by atoms with Crippen molar-refractivity contribution in [2.24, 2.45) is 73.1 Å². The Morgan fingerprint density at radius 1 is 0.652 bits per heavy atom. The SMILES string of the molecule is CC1C(OCc2ccccc2)[C@H](OCc2ccccc2)CO[C@H]1O[C@H]1C(C)OC(OC2C(C)[C@@H](N=[N+]=[N-])C(COCc3ccccc3)O[C@H]2OC(=O)[C@]23CCC(C)(C)CC2C2=CCC4C5(C)CC[C@H](C)C(C)(C)[C@@H]5CC[C@@]4(C)[C@]2(C)CC3)C2OC(C)(C)OC21. The molecule has 0 radical (unpaired) electrons. The molecule has 15 heteroatoms. The zero-order valence-corrected chi connectivity index (χ0v) is 55.5. The van der Waals surface area contributed by atoms with Gasteiger partial charge in [0.15, 0.2) is 18.4 Å². The summed E-state index contributed by atoms with van der Waals surface area (Å²) in [5, 5.41) is 4.39. The fourth-order valence-electron chi connectivity index (χ4n) is 19.2. The van der Waals surface area contributed by atoms with Gasteiger partial charge in [0.05, 0.1) is 62.8 Å². The third-order valence-corrected chi connectivity index (χ3v) is 24.9. The highest BCUT2D eigenvalue weighted by Gasteiger charge is 2.70. The number of benzene rings is 3. The van der Waals surface area contributed by atoms with Crippen molar-refractivity contribution in [3.8, 4) is 0 Å². The van der Waals surface area contributed by atoms with Gasteiger partial charge in [0.2, 0.25) is 6.29 Å². The van der Waals surface area contributed by atoms with E-state index in [9.17, 15) is 5.53 Å². The summed E-state index contributed by atoms with van der Waals surface area (Å²) in [4.78, 5) is 19.6. The van der Waals surface area contributed by atoms with Gasteiger partial charge in [-0.05, 0) is 164 Å². The summed E-state index contributed by atoms with van der Waals surface area (Å²) in [6.07, 6.45) is 4.54. The molecule has 12 rings (SSSR count). The molecular formula is C74H103N3O12. The van der Waals surface area contributed by atoms with E-state index >= 15 is 4.79 Å². The number of esters is 1. The first-order valence-electron chi connectivity index (χ1n) is 33.9. The van der Waals surface area contributed by atoms with Crippen molar-refractivity contribution in [1.29, 1.82) is 0 Å². The summed E-state index contributed by atoms with van der Waals surface area (Å²) < 4.78 is 75.4. The Labute approximate surface area is 530 Å². The molecule has 12 unspecified atom stereocenters. The smallest absolute Gasteiger partial charge is 0.315 e. The van der Waals surface area contributed by atoms with Gasteiger partial charge >= 0.3 is 5.97 Å². The lowest BCUT2D eigenvalue weighted by Gasteiger charge is -2.71. The quantitative estimate of drug-likeness (QED) is 0.0413. The normalized spacial score (nSPS) is 42.7. The minimum atomic E-state index is -1.23. The third-order valence-electron chi connectivity index (χ3n) is 24.9. The monoisotopic (exact) mass is 1230 g/mol. The molecule has 0 bridgehead atoms. The van der Waals surface area contributed by atoms with Gasteiger partial charge < -0.3 is 52.1 Å². The number of azide groups is 1. The van der Waals surface area contributed by atoms with E-state index in [1.54, 1.807) is 0 Å². The summed E-state index contributed by atoms with van der Waals surface area (Å²) in [6.45, 7) is 31.4. The van der Waals surface area contributed by atoms with Crippen LogP contribution >= 0.6 is 0 Å². The Morgan fingerprint density at radius 3 is 1.96 bits per heavy atom. The van der Waals surface area contributed by atoms with Crippen LogP contribution in [0.25, 0.3) is 10.4 Å². The van der Waals surface area contributed by atoms with Crippen molar-refractivity contribution in [2.45, 2.75) is 254 Å². The molecular weight excluding hydrogens is 1120 g/mol. The molecule has 89 heavy (non-hydrogen) atoms. The van der Waals surface area contributed by atoms with Crippen LogP contribution in [0.1, 0.15) is 171 Å². The minimum Gasteiger partial charge on any atom is -0.432 e. The molecule has 3 aromatic carbocycles. The number of hydrogen-bond donors (Lipinski definition) is 0. The summed E-state index contributed by atoms with van der Waals surface area (Å²) in [5.41, 5.74) is 14.6. The zero-order chi connectivity index (χ0) is 62.9. The van der Waals surface area contributed by atoms with Crippen molar-refractivity contribution in [1.82, 2.24) is 0 Å². The molecule has 0 amide bonds. The lowest BCUT2D eigenvalue weighted by molar-refractivity contribution is -0.353. The van der Waals surface area contributed by atoms with Crippen molar-refractivity contribution in [3.63, 3.8) is 0 Å². The Morgan fingerprint density at radius 2 is 1.28 bits per heavy atom. The van der Waals surface area contributed by atoms with Crippen LogP contribution in [-0.2, 0) is 76.7 Å². The zero-order valence-electron chi connectivity index (χ0n) is 55.5. The average molecular weight is 1230 g/mol. The Kier molecular flexibility index (Phi) is 18.4. The summed E-state index contributed by atoms with van der Waals surface area (Å²) in [7, 11) is 0. The number of hydrogen-bond acceptors (Lipinski definition) is 13. The number of carbonyl (C=O) groups is 1. The van der Waals surface area contributed by atoms with E-state index in [0.29, 0.717) is 44.0 Å². The van der Waals surface area contributed by atoms with Crippen LogP contribution in [0, 0.1) is 68.0 Å². The molecule has 4 saturated carbocycles. The molecule has 0 aromatic heterocycles. The van der Waals surface area contributed by atoms with Gasteiger partial charge in [-0.2, -0.15) is 0 Å². The Balaban J connectivity index is 0.820. The molecule has 486 valence electrons. The van der Waals surface area contributed by atoms with E-state index in [1.165, 1.54) is 31.3 Å². The van der Waals surface area contributed by atoms with Crippen molar-refractivity contribution < 1.29 is 56.9 Å². The number of fused-ring (bicyclic) bond motifs is 8. The fraction of sp³-hybridized carbons (Fsp3) is 0.716. The molecule has 15 nitrogen and oxygen atoms in total. The molecule has 4 saturated heterocycles. The van der Waals surface area contributed by atoms with Gasteiger partial charge in [0.25, 0.3) is 0 Å². The number of rotatable bonds is 17. The van der Waals surface area contributed by atoms with Crippen LogP contribution in [0.2, 0.25) is 0 Å². The number of ether oxygens (including phenoxy) is 11. The first-order chi connectivity index (χ1) is 42.4. The van der Waals surface area contributed by atoms with Crippen LogP contribution in [0.3, 0.4) is 0 Å². The Bertz CT molecular complexity index is 3010. The van der Waals surface area contributed by atoms with Crippen LogP contribution in [0.5, 0.6) is 0 Å². The highest BCUT2D eigenvalue weighted by atomic mass is 16.8. The Hall–Kier alpha value is -4.22. The van der Waals surface area contributed by atoms with E-state index in [1.807, 2.05) is 94.4 Å². The van der Waals surface area contributed by atoms with Gasteiger partial charge in [0.1, 0.15) is 30.5 Å². The van der Waals surface area contributed by atoms with E-state index in [4.69, 9.17) is 52.1 Å². The molecule has 0 spiro atoms. The van der Waals surface area contributed by atoms with Crippen LogP contribution in [-0.4, -0.2) is 98.7 Å². The second-order valence-electron chi connectivity index (χ2n) is 31.3. The van der Waals surface area contributed by atoms with Crippen LogP contribution in [0.4, 0.5) is 0 Å². The second-order valence-corrected chi connectivity index (χ2v) is 31.3. The molecule has 4 heterocycles. The topological polar surface area (TPSA) is 167 Å². The predicted molar refractivity (Wildman–Crippen MR) is 338 cm³/mol. The van der Waals surface area contributed by atoms with Crippen molar-refractivity contribution in [3.05, 3.63) is 130 Å². The summed E-state index contributed by atoms with van der Waals surface area (Å²) >= 11 is 0. The molecule has 22 atom stereocenters. The summed E-state index contributed by atoms with van der Waals surface area (Å²) in [5.74, 6) is -0.208. The molecule has 5 aliphatic carbocycles. The van der Waals surface area contributed by atoms with E-state index in [0.717, 1.165) is 48.8 Å². The summed E-state index contributed by atoms with van der Waals surface area (Å²) in [6, 6.07) is 29.4. The molecule has 8 fully saturated rings. The standard InChI is InChI=1S/C74H103N3O12/c1-45-31-33-71(11)56(69(45,7)8)32-34-73(13)57(71)30-29-52-53-39-68(5,6)35-37-74(53,38-36-72(52,73)12)67(78)87-65-60(46(2)58(76-77-75)54(84-65)43-79-40-49-23-17-14-18-24-49)85-66-63-62(88-70(9,10)89-63)61(48(4)83-66)86-64-47(3)59(81-42-51-27-21-16-22-28-51)55(44-82-64)80-41-50-25-19-15-20-26-50/h14-29,45-48,53-66H,30-44H2,1-13H3/t45-,46?,47?,48?,53?,54?,55+,56-,57?,58+,59?,60?,61-,62?,63?,64-,65-,66?,71?,72+,73+,74-/m0/s1. The van der Waals surface area contributed by atoms with Gasteiger partial charge in [-0.3, -0.25) is 4.79 Å². The van der Waals surface area contributed by atoms with Gasteiger partial charge in [-0.15, -0.1) is 0 Å². The lowest BCUT2D eigenvalue weighted by Crippen LogP contribution is -2.65. The number of allylic oxidation sites excluding steroid dienone is 2. The molecule has 3 aromatic rings. The molecule has 0 N–H and O–H groups in total. The van der Waals surface area contributed by atoms with Gasteiger partial charge in [-0.1, -0.05) is 177 Å². The van der Waals surface area contributed by atoms with Crippen molar-refractivity contribution in [2.75, 3.05) is 13.2 Å². The molecule has 4 aliphatic heterocycles. The minimum absolute atomic E-state index is 0.00861. The fourth-order valence-corrected chi connectivity index (χ4v) is 19.2. The van der Waals surface area contributed by atoms with E-state index in [2.05, 4.69) is 103 Å². The maximum Gasteiger partial charge on any atom is 0.315 e. The second kappa shape index (κ2) is 25.3. The van der Waals surface area contributed by atoms with Crippen LogP contribution < -0.4 is 0 Å². The van der Waals surface area contributed by atoms with Gasteiger partial charge in [-0.25, -0.2) is 0 Å². The van der Waals surface area contributed by atoms with Gasteiger partial charge in [0, 0.05) is 10.8 Å². The first-order valence-corrected chi connectivity index (χ1v) is 33.9. The number of carbonyl (C=O) groups excluding carboxylic acids is 1. The first kappa shape index (κ1) is 64.9.